The van der Waals surface area contributed by atoms with Crippen molar-refractivity contribution in [1.29, 1.82) is 0 Å². The topological polar surface area (TPSA) is 46.9 Å². The number of nitrogens with one attached hydrogen (secondary N) is 1. The number of amides is 1. The van der Waals surface area contributed by atoms with E-state index in [4.69, 9.17) is 11.6 Å². The Morgan fingerprint density at radius 3 is 2.94 bits per heavy atom. The van der Waals surface area contributed by atoms with Gasteiger partial charge in [-0.2, -0.15) is 0 Å². The van der Waals surface area contributed by atoms with Crippen LogP contribution in [0, 0.1) is 0 Å². The van der Waals surface area contributed by atoms with Crippen molar-refractivity contribution in [2.45, 2.75) is 0 Å². The molecule has 2 rings (SSSR count). The first-order chi connectivity index (χ1) is 7.66. The van der Waals surface area contributed by atoms with E-state index in [1.54, 1.807) is 48.4 Å². The molecule has 2 aromatic heterocycles. The van der Waals surface area contributed by atoms with Gasteiger partial charge in [-0.25, -0.2) is 0 Å². The molecule has 0 saturated heterocycles. The van der Waals surface area contributed by atoms with Gasteiger partial charge in [0.25, 0.3) is 5.91 Å². The minimum absolute atomic E-state index is 0.206. The minimum Gasteiger partial charge on any atom is -0.345 e. The van der Waals surface area contributed by atoms with Gasteiger partial charge in [-0.15, -0.1) is 0 Å². The summed E-state index contributed by atoms with van der Waals surface area (Å²) in [5, 5.41) is 3.27. The van der Waals surface area contributed by atoms with Crippen LogP contribution in [-0.2, 0) is 7.05 Å². The van der Waals surface area contributed by atoms with Crippen molar-refractivity contribution < 1.29 is 4.79 Å². The Labute approximate surface area is 97.9 Å². The first-order valence-electron chi connectivity index (χ1n) is 4.70. The summed E-state index contributed by atoms with van der Waals surface area (Å²) in [6, 6.07) is 5.15. The van der Waals surface area contributed by atoms with Gasteiger partial charge in [0.15, 0.2) is 0 Å². The van der Waals surface area contributed by atoms with Crippen LogP contribution in [-0.4, -0.2) is 15.5 Å². The molecule has 0 aliphatic rings. The van der Waals surface area contributed by atoms with Gasteiger partial charge in [0, 0.05) is 19.4 Å². The Kier molecular flexibility index (Phi) is 2.92. The van der Waals surface area contributed by atoms with Crippen molar-refractivity contribution in [2.24, 2.45) is 7.05 Å². The monoisotopic (exact) mass is 235 g/mol. The molecule has 0 aliphatic heterocycles. The van der Waals surface area contributed by atoms with Crippen molar-refractivity contribution in [3.05, 3.63) is 47.5 Å². The fraction of sp³-hybridized carbons (Fsp3) is 0.0909. The van der Waals surface area contributed by atoms with Gasteiger partial charge >= 0.3 is 0 Å². The lowest BCUT2D eigenvalue weighted by atomic mass is 10.3. The molecule has 1 N–H and O–H groups in total. The van der Waals surface area contributed by atoms with Crippen LogP contribution in [0.15, 0.2) is 36.8 Å². The quantitative estimate of drug-likeness (QED) is 0.869. The average molecular weight is 236 g/mol. The van der Waals surface area contributed by atoms with E-state index in [0.29, 0.717) is 16.4 Å². The third-order valence-corrected chi connectivity index (χ3v) is 2.33. The van der Waals surface area contributed by atoms with Crippen molar-refractivity contribution in [3.8, 4) is 0 Å². The van der Waals surface area contributed by atoms with E-state index in [0.717, 1.165) is 0 Å². The zero-order valence-electron chi connectivity index (χ0n) is 8.64. The lowest BCUT2D eigenvalue weighted by Crippen LogP contribution is -2.15. The maximum Gasteiger partial charge on any atom is 0.272 e. The Bertz CT molecular complexity index is 507. The Morgan fingerprint density at radius 1 is 1.56 bits per heavy atom. The Hall–Kier alpha value is -1.81. The fourth-order valence-electron chi connectivity index (χ4n) is 1.38. The summed E-state index contributed by atoms with van der Waals surface area (Å²) >= 11 is 5.80. The molecule has 0 saturated carbocycles. The third-order valence-electron chi connectivity index (χ3n) is 2.12. The highest BCUT2D eigenvalue weighted by molar-refractivity contribution is 6.31. The number of nitrogens with zero attached hydrogens (tertiary/aromatic N) is 2. The van der Waals surface area contributed by atoms with Crippen LogP contribution in [0.4, 0.5) is 5.69 Å². The van der Waals surface area contributed by atoms with Gasteiger partial charge < -0.3 is 9.88 Å². The van der Waals surface area contributed by atoms with Crippen molar-refractivity contribution >= 4 is 23.2 Å². The Morgan fingerprint density at radius 2 is 2.38 bits per heavy atom. The molecule has 2 heterocycles. The van der Waals surface area contributed by atoms with Crippen LogP contribution in [0.5, 0.6) is 0 Å². The lowest BCUT2D eigenvalue weighted by molar-refractivity contribution is 0.101. The molecule has 2 aromatic rings. The first-order valence-corrected chi connectivity index (χ1v) is 5.08. The van der Waals surface area contributed by atoms with Crippen LogP contribution >= 0.6 is 11.6 Å². The van der Waals surface area contributed by atoms with Gasteiger partial charge in [-0.3, -0.25) is 9.78 Å². The number of hydrogen-bond donors (Lipinski definition) is 1. The molecule has 0 bridgehead atoms. The third kappa shape index (κ3) is 2.23. The van der Waals surface area contributed by atoms with Gasteiger partial charge in [-0.05, 0) is 18.2 Å². The summed E-state index contributed by atoms with van der Waals surface area (Å²) in [7, 11) is 1.77. The number of halogens is 1. The number of aromatic nitrogens is 2. The summed E-state index contributed by atoms with van der Waals surface area (Å²) in [5.41, 5.74) is 1.17. The predicted octanol–water partition coefficient (Wildman–Crippen LogP) is 2.33. The van der Waals surface area contributed by atoms with E-state index in [9.17, 15) is 4.79 Å². The summed E-state index contributed by atoms with van der Waals surface area (Å²) in [6.07, 6.45) is 4.91. The number of carbonyl (C=O) groups is 1. The van der Waals surface area contributed by atoms with Crippen molar-refractivity contribution in [1.82, 2.24) is 9.55 Å². The van der Waals surface area contributed by atoms with Crippen LogP contribution in [0.25, 0.3) is 0 Å². The second-order valence-electron chi connectivity index (χ2n) is 3.35. The number of rotatable bonds is 2. The fourth-order valence-corrected chi connectivity index (χ4v) is 1.63. The van der Waals surface area contributed by atoms with E-state index >= 15 is 0 Å². The molecule has 4 nitrogen and oxygen atoms in total. The molecule has 0 spiro atoms. The molecule has 0 aliphatic carbocycles. The van der Waals surface area contributed by atoms with Gasteiger partial charge in [0.05, 0.1) is 16.9 Å². The van der Waals surface area contributed by atoms with E-state index in [1.807, 2.05) is 0 Å². The zero-order chi connectivity index (χ0) is 11.5. The molecule has 82 valence electrons. The van der Waals surface area contributed by atoms with Crippen LogP contribution in [0.3, 0.4) is 0 Å². The largest absolute Gasteiger partial charge is 0.345 e. The molecule has 1 amide bonds. The first kappa shape index (κ1) is 10.7. The molecule has 0 fully saturated rings. The van der Waals surface area contributed by atoms with E-state index in [-0.39, 0.29) is 5.91 Å². The van der Waals surface area contributed by atoms with E-state index < -0.39 is 0 Å². The SMILES string of the molecule is Cn1cc(Cl)cc1C(=O)Nc1cccnc1. The molecule has 0 unspecified atom stereocenters. The van der Waals surface area contributed by atoms with Crippen LogP contribution in [0.1, 0.15) is 10.5 Å². The van der Waals surface area contributed by atoms with E-state index in [2.05, 4.69) is 10.3 Å². The maximum absolute atomic E-state index is 11.8. The Balaban J connectivity index is 2.18. The summed E-state index contributed by atoms with van der Waals surface area (Å²) in [4.78, 5) is 15.7. The number of carbonyl (C=O) groups excluding carboxylic acids is 1. The highest BCUT2D eigenvalue weighted by Gasteiger charge is 2.10. The highest BCUT2D eigenvalue weighted by Crippen LogP contribution is 2.14. The average Bonchev–Trinajstić information content (AvgIpc) is 2.59. The molecular weight excluding hydrogens is 226 g/mol. The summed E-state index contributed by atoms with van der Waals surface area (Å²) in [6.45, 7) is 0. The normalized spacial score (nSPS) is 10.1. The highest BCUT2D eigenvalue weighted by atomic mass is 35.5. The second kappa shape index (κ2) is 4.37. The van der Waals surface area contributed by atoms with Gasteiger partial charge in [-0.1, -0.05) is 11.6 Å². The number of aryl methyl sites for hydroxylation is 1. The molecule has 0 radical (unpaired) electrons. The van der Waals surface area contributed by atoms with Crippen molar-refractivity contribution in [3.63, 3.8) is 0 Å². The van der Waals surface area contributed by atoms with Crippen molar-refractivity contribution in [2.75, 3.05) is 5.32 Å². The number of anilines is 1. The van der Waals surface area contributed by atoms with Crippen LogP contribution < -0.4 is 5.32 Å². The molecule has 16 heavy (non-hydrogen) atoms. The number of hydrogen-bond acceptors (Lipinski definition) is 2. The van der Waals surface area contributed by atoms with Gasteiger partial charge in [0.2, 0.25) is 0 Å². The predicted molar refractivity (Wildman–Crippen MR) is 62.6 cm³/mol. The smallest absolute Gasteiger partial charge is 0.272 e. The minimum atomic E-state index is -0.206. The van der Waals surface area contributed by atoms with Crippen LogP contribution in [0.2, 0.25) is 5.02 Å². The zero-order valence-corrected chi connectivity index (χ0v) is 9.40. The van der Waals surface area contributed by atoms with E-state index in [1.165, 1.54) is 0 Å². The molecular formula is C11H10ClN3O. The summed E-state index contributed by atoms with van der Waals surface area (Å²) < 4.78 is 1.67. The standard InChI is InChI=1S/C11H10ClN3O/c1-15-7-8(12)5-10(15)11(16)14-9-3-2-4-13-6-9/h2-7H,1H3,(H,14,16). The van der Waals surface area contributed by atoms with Gasteiger partial charge in [0.1, 0.15) is 5.69 Å². The lowest BCUT2D eigenvalue weighted by Gasteiger charge is -2.04. The second-order valence-corrected chi connectivity index (χ2v) is 3.79. The molecule has 5 heteroatoms. The molecule has 0 aromatic carbocycles. The maximum atomic E-state index is 11.8. The number of pyridine rings is 1. The molecule has 0 atom stereocenters. The summed E-state index contributed by atoms with van der Waals surface area (Å²) in [5.74, 6) is -0.206.